The van der Waals surface area contributed by atoms with Crippen molar-refractivity contribution >= 4 is 11.9 Å². The predicted octanol–water partition coefficient (Wildman–Crippen LogP) is 5.12. The summed E-state index contributed by atoms with van der Waals surface area (Å²) < 4.78 is 86.3. The first-order valence-corrected chi connectivity index (χ1v) is 11.0. The molecule has 2 bridgehead atoms. The molecular formula is C22H30F6O5. The second-order valence-corrected chi connectivity index (χ2v) is 9.17. The third kappa shape index (κ3) is 6.64. The molecule has 0 aromatic carbocycles. The highest BCUT2D eigenvalue weighted by molar-refractivity contribution is 5.86. The van der Waals surface area contributed by atoms with Gasteiger partial charge in [0.05, 0.1) is 19.1 Å². The van der Waals surface area contributed by atoms with Gasteiger partial charge in [-0.2, -0.15) is 26.3 Å². The van der Waals surface area contributed by atoms with Crippen molar-refractivity contribution in [3.63, 3.8) is 0 Å². The summed E-state index contributed by atoms with van der Waals surface area (Å²) in [5, 5.41) is 9.10. The standard InChI is InChI=1S/C22H30F6O5/c1-13(2)18(29)33-12-15-9-14-10-16(15)17(11-14)19(30)32-8-6-4-3-5-7-20(31,21(23,24)25)22(26,27)28/h14-17,31H,1,3-12H2,2H3. The van der Waals surface area contributed by atoms with Gasteiger partial charge in [0, 0.05) is 5.57 Å². The summed E-state index contributed by atoms with van der Waals surface area (Å²) in [6.07, 6.45) is -10.5. The van der Waals surface area contributed by atoms with Gasteiger partial charge in [-0.1, -0.05) is 19.4 Å². The number of carbonyl (C=O) groups excluding carboxylic acids is 2. The normalized spacial score (nSPS) is 25.2. The monoisotopic (exact) mass is 488 g/mol. The first-order valence-electron chi connectivity index (χ1n) is 11.0. The minimum Gasteiger partial charge on any atom is -0.465 e. The highest BCUT2D eigenvalue weighted by Gasteiger charge is 2.69. The maximum absolute atomic E-state index is 12.6. The van der Waals surface area contributed by atoms with E-state index in [0.717, 1.165) is 12.8 Å². The Morgan fingerprint density at radius 3 is 2.09 bits per heavy atom. The summed E-state index contributed by atoms with van der Waals surface area (Å²) in [5.41, 5.74) is -4.42. The summed E-state index contributed by atoms with van der Waals surface area (Å²) in [5.74, 6) is -0.649. The van der Waals surface area contributed by atoms with Crippen LogP contribution in [0.3, 0.4) is 0 Å². The van der Waals surface area contributed by atoms with E-state index in [1.807, 2.05) is 0 Å². The Bertz CT molecular complexity index is 703. The average Bonchev–Trinajstić information content (AvgIpc) is 3.29. The molecule has 2 aliphatic carbocycles. The van der Waals surface area contributed by atoms with Crippen LogP contribution in [0.25, 0.3) is 0 Å². The van der Waals surface area contributed by atoms with Crippen LogP contribution in [-0.2, 0) is 19.1 Å². The number of esters is 2. The third-order valence-electron chi connectivity index (χ3n) is 6.65. The Hall–Kier alpha value is -1.78. The second-order valence-electron chi connectivity index (χ2n) is 9.17. The molecule has 1 N–H and O–H groups in total. The van der Waals surface area contributed by atoms with E-state index in [1.165, 1.54) is 0 Å². The number of fused-ring (bicyclic) bond motifs is 2. The first-order chi connectivity index (χ1) is 15.2. The zero-order valence-electron chi connectivity index (χ0n) is 18.4. The Labute approximate surface area is 188 Å². The molecule has 0 heterocycles. The van der Waals surface area contributed by atoms with Gasteiger partial charge in [0.1, 0.15) is 0 Å². The van der Waals surface area contributed by atoms with E-state index < -0.39 is 36.8 Å². The first kappa shape index (κ1) is 27.5. The molecule has 0 aliphatic heterocycles. The molecule has 0 radical (unpaired) electrons. The third-order valence-corrected chi connectivity index (χ3v) is 6.65. The molecule has 0 aromatic heterocycles. The maximum atomic E-state index is 12.6. The Morgan fingerprint density at radius 1 is 0.939 bits per heavy atom. The van der Waals surface area contributed by atoms with E-state index in [9.17, 15) is 35.9 Å². The Morgan fingerprint density at radius 2 is 1.55 bits per heavy atom. The SMILES string of the molecule is C=C(C)C(=O)OCC1CC2CC(C(=O)OCCCCCCC(O)(C(F)(F)F)C(F)(F)F)C1C2. The van der Waals surface area contributed by atoms with Gasteiger partial charge < -0.3 is 14.6 Å². The zero-order chi connectivity index (χ0) is 25.0. The van der Waals surface area contributed by atoms with Crippen molar-refractivity contribution in [3.05, 3.63) is 12.2 Å². The van der Waals surface area contributed by atoms with Gasteiger partial charge in [0.2, 0.25) is 0 Å². The van der Waals surface area contributed by atoms with Crippen LogP contribution in [0, 0.1) is 23.7 Å². The van der Waals surface area contributed by atoms with E-state index in [1.54, 1.807) is 6.92 Å². The van der Waals surface area contributed by atoms with Crippen molar-refractivity contribution in [2.75, 3.05) is 13.2 Å². The van der Waals surface area contributed by atoms with Gasteiger partial charge in [-0.05, 0) is 63.2 Å². The van der Waals surface area contributed by atoms with Gasteiger partial charge >= 0.3 is 24.3 Å². The summed E-state index contributed by atoms with van der Waals surface area (Å²) in [7, 11) is 0. The van der Waals surface area contributed by atoms with E-state index in [2.05, 4.69) is 6.58 Å². The van der Waals surface area contributed by atoms with Gasteiger partial charge in [-0.25, -0.2) is 4.79 Å². The number of unbranched alkanes of at least 4 members (excludes halogenated alkanes) is 3. The minimum absolute atomic E-state index is 0.0187. The fraction of sp³-hybridized carbons (Fsp3) is 0.818. The molecule has 33 heavy (non-hydrogen) atoms. The van der Waals surface area contributed by atoms with Crippen LogP contribution in [-0.4, -0.2) is 48.2 Å². The Kier molecular flexibility index (Phi) is 8.86. The molecule has 11 heteroatoms. The van der Waals surface area contributed by atoms with Crippen LogP contribution in [0.4, 0.5) is 26.3 Å². The number of halogens is 6. The smallest absolute Gasteiger partial charge is 0.426 e. The fourth-order valence-electron chi connectivity index (χ4n) is 4.82. The number of alkyl halides is 6. The van der Waals surface area contributed by atoms with E-state index >= 15 is 0 Å². The molecule has 4 unspecified atom stereocenters. The molecule has 0 spiro atoms. The van der Waals surface area contributed by atoms with Gasteiger partial charge in [0.25, 0.3) is 5.60 Å². The summed E-state index contributed by atoms with van der Waals surface area (Å²) >= 11 is 0. The maximum Gasteiger partial charge on any atom is 0.426 e. The van der Waals surface area contributed by atoms with Gasteiger partial charge in [0.15, 0.2) is 0 Å². The number of ether oxygens (including phenoxy) is 2. The molecular weight excluding hydrogens is 458 g/mol. The topological polar surface area (TPSA) is 72.8 Å². The lowest BCUT2D eigenvalue weighted by Crippen LogP contribution is -2.56. The lowest BCUT2D eigenvalue weighted by Gasteiger charge is -2.32. The number of rotatable bonds is 11. The summed E-state index contributed by atoms with van der Waals surface area (Å²) in [4.78, 5) is 24.0. The molecule has 4 atom stereocenters. The molecule has 0 saturated heterocycles. The molecule has 2 fully saturated rings. The zero-order valence-corrected chi connectivity index (χ0v) is 18.4. The van der Waals surface area contributed by atoms with Crippen molar-refractivity contribution in [1.82, 2.24) is 0 Å². The molecule has 2 rings (SSSR count). The van der Waals surface area contributed by atoms with Crippen LogP contribution in [0.1, 0.15) is 58.3 Å². The summed E-state index contributed by atoms with van der Waals surface area (Å²) in [6.45, 7) is 5.32. The fourth-order valence-corrected chi connectivity index (χ4v) is 4.82. The van der Waals surface area contributed by atoms with Gasteiger partial charge in [-0.15, -0.1) is 0 Å². The highest BCUT2D eigenvalue weighted by Crippen LogP contribution is 2.52. The second kappa shape index (κ2) is 10.7. The van der Waals surface area contributed by atoms with Crippen LogP contribution >= 0.6 is 0 Å². The van der Waals surface area contributed by atoms with Crippen molar-refractivity contribution in [2.24, 2.45) is 23.7 Å². The van der Waals surface area contributed by atoms with Gasteiger partial charge in [-0.3, -0.25) is 4.79 Å². The molecule has 2 aliphatic rings. The molecule has 190 valence electrons. The predicted molar refractivity (Wildman–Crippen MR) is 105 cm³/mol. The molecule has 2 saturated carbocycles. The number of hydrogen-bond donors (Lipinski definition) is 1. The van der Waals surface area contributed by atoms with E-state index in [0.29, 0.717) is 24.3 Å². The van der Waals surface area contributed by atoms with Crippen molar-refractivity contribution in [3.8, 4) is 0 Å². The largest absolute Gasteiger partial charge is 0.465 e. The van der Waals surface area contributed by atoms with Crippen molar-refractivity contribution < 1.29 is 50.5 Å². The highest BCUT2D eigenvalue weighted by atomic mass is 19.4. The number of aliphatic hydroxyl groups is 1. The Balaban J connectivity index is 1.67. The quantitative estimate of drug-likeness (QED) is 0.189. The van der Waals surface area contributed by atoms with E-state index in [4.69, 9.17) is 14.6 Å². The molecule has 0 aromatic rings. The lowest BCUT2D eigenvalue weighted by molar-refractivity contribution is -0.370. The lowest BCUT2D eigenvalue weighted by atomic mass is 9.81. The minimum atomic E-state index is -5.80. The van der Waals surface area contributed by atoms with E-state index in [-0.39, 0.29) is 49.8 Å². The van der Waals surface area contributed by atoms with Crippen molar-refractivity contribution in [1.29, 1.82) is 0 Å². The molecule has 5 nitrogen and oxygen atoms in total. The van der Waals surface area contributed by atoms with Crippen LogP contribution in [0.2, 0.25) is 0 Å². The summed E-state index contributed by atoms with van der Waals surface area (Å²) in [6, 6.07) is 0. The van der Waals surface area contributed by atoms with Crippen LogP contribution < -0.4 is 0 Å². The number of carbonyl (C=O) groups is 2. The van der Waals surface area contributed by atoms with Crippen molar-refractivity contribution in [2.45, 2.75) is 76.2 Å². The molecule has 0 amide bonds. The van der Waals surface area contributed by atoms with Crippen LogP contribution in [0.15, 0.2) is 12.2 Å². The average molecular weight is 488 g/mol. The number of hydrogen-bond acceptors (Lipinski definition) is 5. The van der Waals surface area contributed by atoms with Crippen LogP contribution in [0.5, 0.6) is 0 Å².